The topological polar surface area (TPSA) is 81.1 Å². The summed E-state index contributed by atoms with van der Waals surface area (Å²) in [6, 6.07) is 8.16. The van der Waals surface area contributed by atoms with Gasteiger partial charge in [0, 0.05) is 38.3 Å². The molecular formula is C25H34N2O4. The van der Waals surface area contributed by atoms with Crippen molar-refractivity contribution < 1.29 is 19.8 Å². The average molecular weight is 427 g/mol. The van der Waals surface area contributed by atoms with Gasteiger partial charge in [-0.15, -0.1) is 0 Å². The second kappa shape index (κ2) is 8.21. The van der Waals surface area contributed by atoms with E-state index >= 15 is 0 Å². The van der Waals surface area contributed by atoms with Gasteiger partial charge in [0.1, 0.15) is 5.60 Å². The Bertz CT molecular complexity index is 826. The molecule has 6 heteroatoms. The van der Waals surface area contributed by atoms with Crippen LogP contribution in [-0.2, 0) is 4.79 Å². The van der Waals surface area contributed by atoms with Crippen molar-refractivity contribution in [3.63, 3.8) is 0 Å². The zero-order valence-corrected chi connectivity index (χ0v) is 18.2. The van der Waals surface area contributed by atoms with Crippen molar-refractivity contribution in [2.45, 2.75) is 56.5 Å². The Morgan fingerprint density at radius 3 is 2.19 bits per heavy atom. The van der Waals surface area contributed by atoms with Crippen LogP contribution in [0.1, 0.15) is 66.8 Å². The third-order valence-corrected chi connectivity index (χ3v) is 8.28. The van der Waals surface area contributed by atoms with Crippen molar-refractivity contribution in [1.29, 1.82) is 0 Å². The fourth-order valence-electron chi connectivity index (χ4n) is 6.15. The maximum atomic E-state index is 12.9. The number of amides is 2. The maximum Gasteiger partial charge on any atom is 0.254 e. The molecule has 6 nitrogen and oxygen atoms in total. The molecule has 168 valence electrons. The first-order valence-electron chi connectivity index (χ1n) is 12.0. The molecule has 1 aromatic rings. The normalized spacial score (nSPS) is 31.9. The molecule has 3 saturated carbocycles. The summed E-state index contributed by atoms with van der Waals surface area (Å²) < 4.78 is 0. The van der Waals surface area contributed by atoms with Crippen LogP contribution in [-0.4, -0.2) is 70.2 Å². The molecule has 1 aromatic carbocycles. The van der Waals surface area contributed by atoms with Crippen LogP contribution < -0.4 is 0 Å². The Kier molecular flexibility index (Phi) is 5.55. The summed E-state index contributed by atoms with van der Waals surface area (Å²) >= 11 is 0. The summed E-state index contributed by atoms with van der Waals surface area (Å²) in [4.78, 5) is 28.7. The van der Waals surface area contributed by atoms with E-state index in [1.54, 1.807) is 4.90 Å². The molecule has 5 rings (SSSR count). The van der Waals surface area contributed by atoms with Gasteiger partial charge in [0.2, 0.25) is 0 Å². The molecule has 0 aromatic heterocycles. The minimum absolute atomic E-state index is 0.0223. The number of fused-ring (bicyclic) bond motifs is 1. The number of rotatable bonds is 4. The minimum Gasteiger partial charge on any atom is -0.396 e. The molecule has 1 heterocycles. The van der Waals surface area contributed by atoms with Crippen LogP contribution >= 0.6 is 0 Å². The SMILES string of the molecule is O=C(c1ccc(C2CCC3CC(CO)CC3C2)cc1)N1CCN(C(=O)C2(O)CC2)CC1. The third-order valence-electron chi connectivity index (χ3n) is 8.28. The first-order valence-corrected chi connectivity index (χ1v) is 12.0. The second-order valence-electron chi connectivity index (χ2n) is 10.3. The van der Waals surface area contributed by atoms with Gasteiger partial charge < -0.3 is 20.0 Å². The van der Waals surface area contributed by atoms with Gasteiger partial charge in [0.15, 0.2) is 0 Å². The molecule has 1 saturated heterocycles. The largest absolute Gasteiger partial charge is 0.396 e. The number of carbonyl (C=O) groups is 2. The molecule has 0 radical (unpaired) electrons. The van der Waals surface area contributed by atoms with Gasteiger partial charge >= 0.3 is 0 Å². The van der Waals surface area contributed by atoms with Crippen LogP contribution in [0, 0.1) is 17.8 Å². The van der Waals surface area contributed by atoms with Gasteiger partial charge in [0.25, 0.3) is 11.8 Å². The lowest BCUT2D eigenvalue weighted by atomic mass is 9.73. The zero-order chi connectivity index (χ0) is 21.6. The third kappa shape index (κ3) is 4.12. The van der Waals surface area contributed by atoms with E-state index in [2.05, 4.69) is 12.1 Å². The minimum atomic E-state index is -1.13. The lowest BCUT2D eigenvalue weighted by Crippen LogP contribution is -2.53. The van der Waals surface area contributed by atoms with Gasteiger partial charge in [-0.2, -0.15) is 0 Å². The fourth-order valence-corrected chi connectivity index (χ4v) is 6.15. The lowest BCUT2D eigenvalue weighted by Gasteiger charge is -2.36. The molecule has 3 aliphatic carbocycles. The van der Waals surface area contributed by atoms with E-state index in [-0.39, 0.29) is 11.8 Å². The molecule has 4 atom stereocenters. The van der Waals surface area contributed by atoms with E-state index in [4.69, 9.17) is 0 Å². The number of aliphatic hydroxyl groups excluding tert-OH is 1. The smallest absolute Gasteiger partial charge is 0.254 e. The Morgan fingerprint density at radius 2 is 1.55 bits per heavy atom. The lowest BCUT2D eigenvalue weighted by molar-refractivity contribution is -0.143. The van der Waals surface area contributed by atoms with Gasteiger partial charge in [-0.3, -0.25) is 9.59 Å². The van der Waals surface area contributed by atoms with Crippen molar-refractivity contribution in [1.82, 2.24) is 9.80 Å². The van der Waals surface area contributed by atoms with Crippen LogP contribution in [0.25, 0.3) is 0 Å². The number of hydrogen-bond acceptors (Lipinski definition) is 4. The molecule has 4 fully saturated rings. The van der Waals surface area contributed by atoms with Gasteiger partial charge in [-0.05, 0) is 86.3 Å². The molecule has 4 aliphatic rings. The second-order valence-corrected chi connectivity index (χ2v) is 10.3. The quantitative estimate of drug-likeness (QED) is 0.775. The Labute approximate surface area is 184 Å². The first kappa shape index (κ1) is 21.0. The van der Waals surface area contributed by atoms with E-state index in [0.29, 0.717) is 63.0 Å². The Balaban J connectivity index is 1.16. The van der Waals surface area contributed by atoms with Crippen LogP contribution in [0.5, 0.6) is 0 Å². The van der Waals surface area contributed by atoms with Crippen LogP contribution in [0.4, 0.5) is 0 Å². The van der Waals surface area contributed by atoms with Gasteiger partial charge in [0.05, 0.1) is 0 Å². The molecular weight excluding hydrogens is 392 g/mol. The standard InChI is InChI=1S/C25H34N2O4/c28-16-17-13-20-5-6-21(15-22(20)14-17)18-1-3-19(4-2-18)23(29)26-9-11-27(12-10-26)24(30)25(31)7-8-25/h1-4,17,20-22,28,31H,5-16H2. The number of benzene rings is 1. The number of aliphatic hydroxyl groups is 2. The number of nitrogens with zero attached hydrogens (tertiary/aromatic N) is 2. The summed E-state index contributed by atoms with van der Waals surface area (Å²) in [5.74, 6) is 2.44. The summed E-state index contributed by atoms with van der Waals surface area (Å²) in [7, 11) is 0. The van der Waals surface area contributed by atoms with Gasteiger partial charge in [-0.25, -0.2) is 0 Å². The zero-order valence-electron chi connectivity index (χ0n) is 18.2. The number of carbonyl (C=O) groups excluding carboxylic acids is 2. The molecule has 31 heavy (non-hydrogen) atoms. The fraction of sp³-hybridized carbons (Fsp3) is 0.680. The molecule has 0 spiro atoms. The van der Waals surface area contributed by atoms with E-state index in [0.717, 1.165) is 11.8 Å². The van der Waals surface area contributed by atoms with Crippen molar-refractivity contribution in [3.05, 3.63) is 35.4 Å². The van der Waals surface area contributed by atoms with Crippen molar-refractivity contribution >= 4 is 11.8 Å². The summed E-state index contributed by atoms with van der Waals surface area (Å²) in [5, 5.41) is 19.5. The van der Waals surface area contributed by atoms with E-state index in [1.165, 1.54) is 37.7 Å². The Morgan fingerprint density at radius 1 is 0.903 bits per heavy atom. The summed E-state index contributed by atoms with van der Waals surface area (Å²) in [6.07, 6.45) is 7.14. The van der Waals surface area contributed by atoms with Gasteiger partial charge in [-0.1, -0.05) is 12.1 Å². The van der Waals surface area contributed by atoms with Crippen molar-refractivity contribution in [2.24, 2.45) is 17.8 Å². The van der Waals surface area contributed by atoms with Crippen LogP contribution in [0.2, 0.25) is 0 Å². The highest BCUT2D eigenvalue weighted by Gasteiger charge is 2.50. The molecule has 4 unspecified atom stereocenters. The number of piperazine rings is 1. The van der Waals surface area contributed by atoms with Crippen LogP contribution in [0.15, 0.2) is 24.3 Å². The first-order chi connectivity index (χ1) is 15.0. The highest BCUT2D eigenvalue weighted by molar-refractivity contribution is 5.94. The summed E-state index contributed by atoms with van der Waals surface area (Å²) in [5.41, 5.74) is 0.911. The van der Waals surface area contributed by atoms with Crippen LogP contribution in [0.3, 0.4) is 0 Å². The molecule has 2 amide bonds. The monoisotopic (exact) mass is 426 g/mol. The predicted molar refractivity (Wildman–Crippen MR) is 116 cm³/mol. The average Bonchev–Trinajstić information content (AvgIpc) is 3.43. The molecule has 1 aliphatic heterocycles. The van der Waals surface area contributed by atoms with Crippen molar-refractivity contribution in [3.8, 4) is 0 Å². The van der Waals surface area contributed by atoms with Crippen molar-refractivity contribution in [2.75, 3.05) is 32.8 Å². The summed E-state index contributed by atoms with van der Waals surface area (Å²) in [6.45, 7) is 2.34. The molecule has 2 N–H and O–H groups in total. The van der Waals surface area contributed by atoms with E-state index in [1.807, 2.05) is 17.0 Å². The van der Waals surface area contributed by atoms with E-state index < -0.39 is 5.60 Å². The number of hydrogen-bond donors (Lipinski definition) is 2. The highest BCUT2D eigenvalue weighted by Crippen LogP contribution is 2.49. The predicted octanol–water partition coefficient (Wildman–Crippen LogP) is 2.40. The van der Waals surface area contributed by atoms with E-state index in [9.17, 15) is 19.8 Å². The molecule has 0 bridgehead atoms. The highest BCUT2D eigenvalue weighted by atomic mass is 16.3. The maximum absolute atomic E-state index is 12.9. The Hall–Kier alpha value is -1.92.